The van der Waals surface area contributed by atoms with Gasteiger partial charge in [0.1, 0.15) is 5.75 Å². The van der Waals surface area contributed by atoms with Crippen LogP contribution in [0, 0.1) is 0 Å². The molecule has 0 fully saturated rings. The summed E-state index contributed by atoms with van der Waals surface area (Å²) in [6, 6.07) is 16.1. The number of guanidine groups is 1. The van der Waals surface area contributed by atoms with E-state index in [1.807, 2.05) is 37.3 Å². The summed E-state index contributed by atoms with van der Waals surface area (Å²) < 4.78 is 0. The van der Waals surface area contributed by atoms with Crippen molar-refractivity contribution in [1.29, 1.82) is 0 Å². The monoisotopic (exact) mass is 519 g/mol. The number of hydrogen-bond acceptors (Lipinski definition) is 4. The maximum atomic E-state index is 12.1. The highest BCUT2D eigenvalue weighted by atomic mass is 127. The van der Waals surface area contributed by atoms with E-state index in [0.717, 1.165) is 23.0 Å². The molecule has 0 atom stereocenters. The molecular formula is C22H26IN5O2. The lowest BCUT2D eigenvalue weighted by Gasteiger charge is -2.12. The molecule has 0 bridgehead atoms. The lowest BCUT2D eigenvalue weighted by Crippen LogP contribution is -2.41. The molecule has 0 saturated heterocycles. The number of hydrogen-bond donors (Lipinski definition) is 4. The number of halogens is 1. The normalized spacial score (nSPS) is 10.9. The van der Waals surface area contributed by atoms with Crippen LogP contribution in [0.1, 0.15) is 22.8 Å². The van der Waals surface area contributed by atoms with E-state index >= 15 is 0 Å². The highest BCUT2D eigenvalue weighted by Gasteiger charge is 2.05. The summed E-state index contributed by atoms with van der Waals surface area (Å²) in [6.07, 6.45) is 1.80. The summed E-state index contributed by atoms with van der Waals surface area (Å²) in [4.78, 5) is 21.1. The van der Waals surface area contributed by atoms with Gasteiger partial charge in [-0.25, -0.2) is 4.99 Å². The maximum absolute atomic E-state index is 12.1. The zero-order valence-electron chi connectivity index (χ0n) is 16.8. The van der Waals surface area contributed by atoms with Gasteiger partial charge in [0.2, 0.25) is 0 Å². The van der Waals surface area contributed by atoms with Crippen molar-refractivity contribution in [3.8, 4) is 5.75 Å². The minimum absolute atomic E-state index is 0. The second-order valence-electron chi connectivity index (χ2n) is 6.41. The van der Waals surface area contributed by atoms with Gasteiger partial charge in [-0.05, 0) is 48.9 Å². The molecule has 0 radical (unpaired) electrons. The number of fused-ring (bicyclic) bond motifs is 1. The number of pyridine rings is 1. The lowest BCUT2D eigenvalue weighted by molar-refractivity contribution is 0.0954. The van der Waals surface area contributed by atoms with Crippen LogP contribution < -0.4 is 16.0 Å². The predicted octanol–water partition coefficient (Wildman–Crippen LogP) is 3.04. The Morgan fingerprint density at radius 3 is 2.50 bits per heavy atom. The van der Waals surface area contributed by atoms with Gasteiger partial charge in [0.05, 0.1) is 12.1 Å². The number of amides is 1. The molecule has 7 nitrogen and oxygen atoms in total. The van der Waals surface area contributed by atoms with Crippen molar-refractivity contribution in [3.05, 3.63) is 71.9 Å². The van der Waals surface area contributed by atoms with Crippen LogP contribution >= 0.6 is 24.0 Å². The molecule has 0 aliphatic carbocycles. The van der Waals surface area contributed by atoms with Gasteiger partial charge in [-0.1, -0.05) is 18.2 Å². The van der Waals surface area contributed by atoms with Crippen molar-refractivity contribution in [3.63, 3.8) is 0 Å². The molecule has 30 heavy (non-hydrogen) atoms. The molecule has 0 aliphatic rings. The first-order chi connectivity index (χ1) is 14.2. The maximum Gasteiger partial charge on any atom is 0.251 e. The SMILES string of the molecule is CCNC(=NCc1ccnc2ccccc12)NCCNC(=O)c1ccc(O)cc1.I. The summed E-state index contributed by atoms with van der Waals surface area (Å²) in [6.45, 7) is 4.25. The van der Waals surface area contributed by atoms with E-state index < -0.39 is 0 Å². The van der Waals surface area contributed by atoms with E-state index in [0.29, 0.717) is 31.2 Å². The largest absolute Gasteiger partial charge is 0.508 e. The van der Waals surface area contributed by atoms with Crippen molar-refractivity contribution >= 4 is 46.7 Å². The number of phenols is 1. The van der Waals surface area contributed by atoms with Gasteiger partial charge in [0, 0.05) is 36.8 Å². The number of nitrogens with one attached hydrogen (secondary N) is 3. The number of rotatable bonds is 7. The first-order valence-corrected chi connectivity index (χ1v) is 9.59. The number of nitrogens with zero attached hydrogens (tertiary/aromatic N) is 2. The van der Waals surface area contributed by atoms with Crippen molar-refractivity contribution in [2.45, 2.75) is 13.5 Å². The molecule has 3 aromatic rings. The van der Waals surface area contributed by atoms with E-state index in [4.69, 9.17) is 0 Å². The average Bonchev–Trinajstić information content (AvgIpc) is 2.75. The lowest BCUT2D eigenvalue weighted by atomic mass is 10.1. The van der Waals surface area contributed by atoms with Crippen LogP contribution in [0.3, 0.4) is 0 Å². The van der Waals surface area contributed by atoms with Crippen LogP contribution in [0.2, 0.25) is 0 Å². The van der Waals surface area contributed by atoms with Gasteiger partial charge in [0.15, 0.2) is 5.96 Å². The molecule has 1 heterocycles. The van der Waals surface area contributed by atoms with Gasteiger partial charge in [0.25, 0.3) is 5.91 Å². The Balaban J connectivity index is 0.00000320. The van der Waals surface area contributed by atoms with Crippen LogP contribution in [-0.4, -0.2) is 41.6 Å². The predicted molar refractivity (Wildman–Crippen MR) is 130 cm³/mol. The summed E-state index contributed by atoms with van der Waals surface area (Å²) in [5.74, 6) is 0.640. The minimum atomic E-state index is -0.183. The summed E-state index contributed by atoms with van der Waals surface area (Å²) in [5.41, 5.74) is 2.57. The Morgan fingerprint density at radius 2 is 1.73 bits per heavy atom. The second kappa shape index (κ2) is 12.0. The Hall–Kier alpha value is -2.88. The molecule has 1 amide bonds. The smallest absolute Gasteiger partial charge is 0.251 e. The molecule has 2 aromatic carbocycles. The minimum Gasteiger partial charge on any atom is -0.508 e. The number of carbonyl (C=O) groups excluding carboxylic acids is 1. The van der Waals surface area contributed by atoms with Crippen molar-refractivity contribution < 1.29 is 9.90 Å². The van der Waals surface area contributed by atoms with Crippen LogP contribution in [-0.2, 0) is 6.54 Å². The van der Waals surface area contributed by atoms with Gasteiger partial charge in [-0.3, -0.25) is 9.78 Å². The van der Waals surface area contributed by atoms with E-state index in [9.17, 15) is 9.90 Å². The van der Waals surface area contributed by atoms with Gasteiger partial charge < -0.3 is 21.1 Å². The van der Waals surface area contributed by atoms with Crippen LogP contribution in [0.25, 0.3) is 10.9 Å². The molecule has 8 heteroatoms. The molecule has 0 aliphatic heterocycles. The fraction of sp³-hybridized carbons (Fsp3) is 0.227. The average molecular weight is 519 g/mol. The number of benzene rings is 2. The fourth-order valence-corrected chi connectivity index (χ4v) is 2.87. The molecule has 158 valence electrons. The third kappa shape index (κ3) is 6.58. The van der Waals surface area contributed by atoms with Crippen LogP contribution in [0.15, 0.2) is 65.8 Å². The number of aromatic nitrogens is 1. The topological polar surface area (TPSA) is 98.6 Å². The first-order valence-electron chi connectivity index (χ1n) is 9.59. The molecule has 0 saturated carbocycles. The number of aromatic hydroxyl groups is 1. The van der Waals surface area contributed by atoms with Crippen molar-refractivity contribution in [2.24, 2.45) is 4.99 Å². The Bertz CT molecular complexity index is 987. The second-order valence-corrected chi connectivity index (χ2v) is 6.41. The molecular weight excluding hydrogens is 493 g/mol. The number of aliphatic imine (C=N–C) groups is 1. The van der Waals surface area contributed by atoms with Gasteiger partial charge >= 0.3 is 0 Å². The van der Waals surface area contributed by atoms with Crippen LogP contribution in [0.5, 0.6) is 5.75 Å². The van der Waals surface area contributed by atoms with E-state index in [1.165, 1.54) is 12.1 Å². The number of para-hydroxylation sites is 1. The molecule has 3 rings (SSSR count). The summed E-state index contributed by atoms with van der Waals surface area (Å²) in [7, 11) is 0. The molecule has 0 unspecified atom stereocenters. The van der Waals surface area contributed by atoms with Gasteiger partial charge in [-0.15, -0.1) is 24.0 Å². The quantitative estimate of drug-likeness (QED) is 0.167. The molecule has 1 aromatic heterocycles. The summed E-state index contributed by atoms with van der Waals surface area (Å²) >= 11 is 0. The van der Waals surface area contributed by atoms with E-state index in [2.05, 4.69) is 25.9 Å². The molecule has 4 N–H and O–H groups in total. The van der Waals surface area contributed by atoms with Crippen LogP contribution in [0.4, 0.5) is 0 Å². The van der Waals surface area contributed by atoms with Crippen molar-refractivity contribution in [2.75, 3.05) is 19.6 Å². The zero-order chi connectivity index (χ0) is 20.5. The zero-order valence-corrected chi connectivity index (χ0v) is 19.1. The standard InChI is InChI=1S/C22H25N5O2.HI/c1-2-23-22(26-14-13-25-21(29)16-7-9-18(28)10-8-16)27-15-17-11-12-24-20-6-4-3-5-19(17)20;/h3-12,28H,2,13-15H2,1H3,(H,25,29)(H2,23,26,27);1H. The van der Waals surface area contributed by atoms with Gasteiger partial charge in [-0.2, -0.15) is 0 Å². The Morgan fingerprint density at radius 1 is 1.00 bits per heavy atom. The van der Waals surface area contributed by atoms with E-state index in [-0.39, 0.29) is 35.6 Å². The first kappa shape index (κ1) is 23.4. The highest BCUT2D eigenvalue weighted by molar-refractivity contribution is 14.0. The number of phenolic OH excluding ortho intramolecular Hbond substituents is 1. The number of carbonyl (C=O) groups is 1. The third-order valence-corrected chi connectivity index (χ3v) is 4.32. The Labute approximate surface area is 193 Å². The third-order valence-electron chi connectivity index (χ3n) is 4.32. The highest BCUT2D eigenvalue weighted by Crippen LogP contribution is 2.16. The van der Waals surface area contributed by atoms with Crippen molar-refractivity contribution in [1.82, 2.24) is 20.9 Å². The molecule has 0 spiro atoms. The fourth-order valence-electron chi connectivity index (χ4n) is 2.87. The van der Waals surface area contributed by atoms with E-state index in [1.54, 1.807) is 18.3 Å². The summed E-state index contributed by atoms with van der Waals surface area (Å²) in [5, 5.41) is 19.7. The Kier molecular flexibility index (Phi) is 9.33.